The van der Waals surface area contributed by atoms with E-state index in [1.807, 2.05) is 24.3 Å². The number of sulfone groups is 1. The SMILES string of the molecule is CC1C(c2ccc(Cl)cc2)c2ccccc2S1(=O)=O. The van der Waals surface area contributed by atoms with Gasteiger partial charge in [-0.1, -0.05) is 41.9 Å². The lowest BCUT2D eigenvalue weighted by molar-refractivity contribution is 0.586. The molecule has 1 aliphatic heterocycles. The van der Waals surface area contributed by atoms with Gasteiger partial charge in [0.2, 0.25) is 0 Å². The van der Waals surface area contributed by atoms with Crippen LogP contribution in [0, 0.1) is 0 Å². The number of rotatable bonds is 1. The first-order valence-electron chi connectivity index (χ1n) is 6.10. The van der Waals surface area contributed by atoms with Gasteiger partial charge in [0, 0.05) is 10.9 Å². The van der Waals surface area contributed by atoms with Gasteiger partial charge in [0.25, 0.3) is 0 Å². The molecular weight excluding hydrogens is 280 g/mol. The van der Waals surface area contributed by atoms with Crippen molar-refractivity contribution >= 4 is 21.4 Å². The highest BCUT2D eigenvalue weighted by Gasteiger charge is 2.42. The van der Waals surface area contributed by atoms with Crippen molar-refractivity contribution in [3.05, 3.63) is 64.7 Å². The molecular formula is C15H13ClO2S. The minimum atomic E-state index is -3.22. The Morgan fingerprint density at radius 2 is 1.63 bits per heavy atom. The maximum Gasteiger partial charge on any atom is 0.182 e. The van der Waals surface area contributed by atoms with Gasteiger partial charge < -0.3 is 0 Å². The van der Waals surface area contributed by atoms with Crippen LogP contribution < -0.4 is 0 Å². The zero-order chi connectivity index (χ0) is 13.6. The van der Waals surface area contributed by atoms with Crippen molar-refractivity contribution in [3.63, 3.8) is 0 Å². The molecule has 0 bridgehead atoms. The van der Waals surface area contributed by atoms with E-state index in [2.05, 4.69) is 0 Å². The number of benzene rings is 2. The third-order valence-electron chi connectivity index (χ3n) is 3.75. The summed E-state index contributed by atoms with van der Waals surface area (Å²) in [5.41, 5.74) is 1.88. The molecule has 1 heterocycles. The van der Waals surface area contributed by atoms with E-state index in [1.165, 1.54) is 0 Å². The summed E-state index contributed by atoms with van der Waals surface area (Å²) in [4.78, 5) is 0.461. The Balaban J connectivity index is 2.21. The Morgan fingerprint density at radius 3 is 2.32 bits per heavy atom. The largest absolute Gasteiger partial charge is 0.223 e. The van der Waals surface area contributed by atoms with Crippen LogP contribution in [0.25, 0.3) is 0 Å². The highest BCUT2D eigenvalue weighted by Crippen LogP contribution is 2.44. The third-order valence-corrected chi connectivity index (χ3v) is 6.24. The quantitative estimate of drug-likeness (QED) is 0.804. The summed E-state index contributed by atoms with van der Waals surface area (Å²) in [6.45, 7) is 1.77. The summed E-state index contributed by atoms with van der Waals surface area (Å²) in [5, 5.41) is 0.219. The Hall–Kier alpha value is -1.32. The van der Waals surface area contributed by atoms with Crippen LogP contribution in [0.2, 0.25) is 5.02 Å². The average molecular weight is 293 g/mol. The van der Waals surface area contributed by atoms with Crippen molar-refractivity contribution in [2.75, 3.05) is 0 Å². The molecule has 0 amide bonds. The summed E-state index contributed by atoms with van der Waals surface area (Å²) in [7, 11) is -3.22. The fraction of sp³-hybridized carbons (Fsp3) is 0.200. The van der Waals surface area contributed by atoms with E-state index in [4.69, 9.17) is 11.6 Å². The maximum absolute atomic E-state index is 12.4. The van der Waals surface area contributed by atoms with Crippen LogP contribution in [0.4, 0.5) is 0 Å². The van der Waals surface area contributed by atoms with Crippen molar-refractivity contribution in [2.45, 2.75) is 23.0 Å². The Morgan fingerprint density at radius 1 is 1.00 bits per heavy atom. The summed E-state index contributed by atoms with van der Waals surface area (Å²) >= 11 is 5.89. The standard InChI is InChI=1S/C15H13ClO2S/c1-10-15(11-6-8-12(16)9-7-11)13-4-2-3-5-14(13)19(10,17)18/h2-10,15H,1H3. The van der Waals surface area contributed by atoms with Crippen LogP contribution in [-0.2, 0) is 9.84 Å². The number of fused-ring (bicyclic) bond motifs is 1. The smallest absolute Gasteiger partial charge is 0.182 e. The molecule has 0 spiro atoms. The molecule has 2 nitrogen and oxygen atoms in total. The molecule has 1 aliphatic rings. The van der Waals surface area contributed by atoms with Crippen molar-refractivity contribution in [1.82, 2.24) is 0 Å². The molecule has 2 aromatic carbocycles. The molecule has 0 aliphatic carbocycles. The van der Waals surface area contributed by atoms with E-state index >= 15 is 0 Å². The monoisotopic (exact) mass is 292 g/mol. The first-order valence-corrected chi connectivity index (χ1v) is 8.02. The highest BCUT2D eigenvalue weighted by molar-refractivity contribution is 7.92. The topological polar surface area (TPSA) is 34.1 Å². The van der Waals surface area contributed by atoms with Crippen LogP contribution in [0.5, 0.6) is 0 Å². The van der Waals surface area contributed by atoms with E-state index in [0.717, 1.165) is 11.1 Å². The van der Waals surface area contributed by atoms with E-state index in [0.29, 0.717) is 9.92 Å². The van der Waals surface area contributed by atoms with Gasteiger partial charge in [-0.2, -0.15) is 0 Å². The fourth-order valence-corrected chi connectivity index (χ4v) is 4.73. The predicted molar refractivity (Wildman–Crippen MR) is 76.4 cm³/mol. The molecule has 0 N–H and O–H groups in total. The number of hydrogen-bond donors (Lipinski definition) is 0. The van der Waals surface area contributed by atoms with Crippen molar-refractivity contribution in [3.8, 4) is 0 Å². The van der Waals surface area contributed by atoms with Crippen molar-refractivity contribution < 1.29 is 8.42 Å². The minimum Gasteiger partial charge on any atom is -0.223 e. The van der Waals surface area contributed by atoms with Crippen LogP contribution in [0.3, 0.4) is 0 Å². The van der Waals surface area contributed by atoms with E-state index < -0.39 is 15.1 Å². The summed E-state index contributed by atoms with van der Waals surface area (Å²) < 4.78 is 24.8. The molecule has 3 rings (SSSR count). The second-order valence-corrected chi connectivity index (χ2v) is 7.53. The lowest BCUT2D eigenvalue weighted by atomic mass is 9.89. The summed E-state index contributed by atoms with van der Waals surface area (Å²) in [6.07, 6.45) is 0. The van der Waals surface area contributed by atoms with E-state index in [9.17, 15) is 8.42 Å². The molecule has 2 unspecified atom stereocenters. The van der Waals surface area contributed by atoms with Gasteiger partial charge in [0.15, 0.2) is 9.84 Å². The van der Waals surface area contributed by atoms with Crippen molar-refractivity contribution in [2.24, 2.45) is 0 Å². The Kier molecular flexibility index (Phi) is 2.91. The molecule has 19 heavy (non-hydrogen) atoms. The van der Waals surface area contributed by atoms with Crippen molar-refractivity contribution in [1.29, 1.82) is 0 Å². The highest BCUT2D eigenvalue weighted by atomic mass is 35.5. The van der Waals surface area contributed by atoms with E-state index in [1.54, 1.807) is 31.2 Å². The second-order valence-electron chi connectivity index (χ2n) is 4.82. The molecule has 0 saturated heterocycles. The first-order chi connectivity index (χ1) is 9.01. The molecule has 4 heteroatoms. The minimum absolute atomic E-state index is 0.113. The number of halogens is 1. The molecule has 2 aromatic rings. The lowest BCUT2D eigenvalue weighted by Crippen LogP contribution is -2.17. The molecule has 0 saturated carbocycles. The first kappa shape index (κ1) is 12.7. The molecule has 98 valence electrons. The van der Waals surface area contributed by atoms with Gasteiger partial charge in [-0.3, -0.25) is 0 Å². The van der Waals surface area contributed by atoms with Gasteiger partial charge in [0.05, 0.1) is 10.1 Å². The van der Waals surface area contributed by atoms with Crippen LogP contribution in [-0.4, -0.2) is 13.7 Å². The fourth-order valence-electron chi connectivity index (χ4n) is 2.75. The number of hydrogen-bond acceptors (Lipinski definition) is 2. The van der Waals surface area contributed by atoms with Gasteiger partial charge >= 0.3 is 0 Å². The van der Waals surface area contributed by atoms with Gasteiger partial charge in [-0.15, -0.1) is 0 Å². The van der Waals surface area contributed by atoms with Gasteiger partial charge in [0.1, 0.15) is 0 Å². The third kappa shape index (κ3) is 1.88. The zero-order valence-electron chi connectivity index (χ0n) is 10.4. The Labute approximate surface area is 118 Å². The molecule has 0 aromatic heterocycles. The molecule has 0 radical (unpaired) electrons. The average Bonchev–Trinajstić information content (AvgIpc) is 2.60. The van der Waals surface area contributed by atoms with Gasteiger partial charge in [-0.05, 0) is 36.2 Å². The molecule has 0 fully saturated rings. The van der Waals surface area contributed by atoms with E-state index in [-0.39, 0.29) is 5.92 Å². The van der Waals surface area contributed by atoms with Crippen LogP contribution in [0.15, 0.2) is 53.4 Å². The van der Waals surface area contributed by atoms with Crippen LogP contribution in [0.1, 0.15) is 24.0 Å². The maximum atomic E-state index is 12.4. The summed E-state index contributed by atoms with van der Waals surface area (Å²) in [5.74, 6) is -0.113. The predicted octanol–water partition coefficient (Wildman–Crippen LogP) is 3.65. The second kappa shape index (κ2) is 4.36. The zero-order valence-corrected chi connectivity index (χ0v) is 11.9. The Bertz CT molecular complexity index is 720. The lowest BCUT2D eigenvalue weighted by Gasteiger charge is -2.15. The van der Waals surface area contributed by atoms with Gasteiger partial charge in [-0.25, -0.2) is 8.42 Å². The summed E-state index contributed by atoms with van der Waals surface area (Å²) in [6, 6.07) is 14.7. The normalized spacial score (nSPS) is 24.1. The molecule has 2 atom stereocenters. The van der Waals surface area contributed by atoms with Crippen LogP contribution >= 0.6 is 11.6 Å².